The zero-order valence-electron chi connectivity index (χ0n) is 17.3. The fourth-order valence-corrected chi connectivity index (χ4v) is 6.27. The number of amides is 2. The second-order valence-electron chi connectivity index (χ2n) is 8.56. The van der Waals surface area contributed by atoms with Gasteiger partial charge in [-0.25, -0.2) is 13.4 Å². The van der Waals surface area contributed by atoms with Crippen LogP contribution in [0.1, 0.15) is 26.7 Å². The minimum absolute atomic E-state index is 0.00274. The molecule has 164 valence electrons. The van der Waals surface area contributed by atoms with E-state index in [0.29, 0.717) is 12.1 Å². The van der Waals surface area contributed by atoms with Crippen LogP contribution in [-0.4, -0.2) is 79.5 Å². The molecule has 1 aromatic heterocycles. The Kier molecular flexibility index (Phi) is 5.71. The van der Waals surface area contributed by atoms with Crippen LogP contribution in [0.2, 0.25) is 0 Å². The smallest absolute Gasteiger partial charge is 0.229 e. The van der Waals surface area contributed by atoms with Crippen LogP contribution in [0.25, 0.3) is 0 Å². The minimum atomic E-state index is -3.08. The van der Waals surface area contributed by atoms with Gasteiger partial charge in [-0.05, 0) is 32.4 Å². The van der Waals surface area contributed by atoms with Crippen LogP contribution in [0, 0.1) is 5.92 Å². The van der Waals surface area contributed by atoms with Crippen molar-refractivity contribution >= 4 is 33.2 Å². The topological polar surface area (TPSA) is 109 Å². The van der Waals surface area contributed by atoms with Gasteiger partial charge < -0.3 is 19.9 Å². The van der Waals surface area contributed by atoms with Crippen molar-refractivity contribution in [2.75, 3.05) is 41.4 Å². The first-order valence-electron chi connectivity index (χ1n) is 10.4. The van der Waals surface area contributed by atoms with Crippen LogP contribution < -0.4 is 10.2 Å². The lowest BCUT2D eigenvalue weighted by Gasteiger charge is -2.36. The largest absolute Gasteiger partial charge is 0.372 e. The Morgan fingerprint density at radius 3 is 2.53 bits per heavy atom. The molecule has 3 aliphatic heterocycles. The van der Waals surface area contributed by atoms with Gasteiger partial charge in [-0.1, -0.05) is 0 Å². The summed E-state index contributed by atoms with van der Waals surface area (Å²) < 4.78 is 29.2. The van der Waals surface area contributed by atoms with Crippen LogP contribution in [0.15, 0.2) is 18.3 Å². The summed E-state index contributed by atoms with van der Waals surface area (Å²) in [4.78, 5) is 33.2. The number of nitrogens with zero attached hydrogens (tertiary/aromatic N) is 3. The molecule has 0 aromatic carbocycles. The molecule has 10 heteroatoms. The summed E-state index contributed by atoms with van der Waals surface area (Å²) in [6.45, 7) is 5.86. The van der Waals surface area contributed by atoms with E-state index in [9.17, 15) is 18.0 Å². The number of carbonyl (C=O) groups excluding carboxylic acids is 2. The molecule has 4 atom stereocenters. The summed E-state index contributed by atoms with van der Waals surface area (Å²) >= 11 is 0. The molecule has 0 spiro atoms. The van der Waals surface area contributed by atoms with Gasteiger partial charge in [-0.3, -0.25) is 9.59 Å². The quantitative estimate of drug-likeness (QED) is 0.739. The monoisotopic (exact) mass is 436 g/mol. The normalized spacial score (nSPS) is 31.2. The lowest BCUT2D eigenvalue weighted by atomic mass is 10.1. The maximum Gasteiger partial charge on any atom is 0.229 e. The standard InChI is InChI=1S/C20H28N4O5S/c1-13-9-23(10-14(2)29-13)18-4-3-16(8-21-18)22-20(26)15-7-19(25)24(11-15)17-5-6-30(27,28)12-17/h3-4,8,13-15,17H,5-7,9-12H2,1-2H3,(H,22,26)/t13-,14+,15-,17+/m1/s1. The van der Waals surface area contributed by atoms with Gasteiger partial charge in [0.25, 0.3) is 0 Å². The maximum absolute atomic E-state index is 12.7. The van der Waals surface area contributed by atoms with Gasteiger partial charge in [0.05, 0.1) is 41.5 Å². The number of hydrogen-bond donors (Lipinski definition) is 1. The molecule has 0 radical (unpaired) electrons. The zero-order valence-corrected chi connectivity index (χ0v) is 18.1. The Hall–Kier alpha value is -2.20. The molecule has 3 fully saturated rings. The van der Waals surface area contributed by atoms with Crippen molar-refractivity contribution in [2.24, 2.45) is 5.92 Å². The molecular weight excluding hydrogens is 408 g/mol. The van der Waals surface area contributed by atoms with Crippen molar-refractivity contribution in [3.05, 3.63) is 18.3 Å². The van der Waals surface area contributed by atoms with E-state index >= 15 is 0 Å². The van der Waals surface area contributed by atoms with E-state index in [1.54, 1.807) is 11.1 Å². The first kappa shape index (κ1) is 21.0. The van der Waals surface area contributed by atoms with Gasteiger partial charge in [-0.15, -0.1) is 0 Å². The molecule has 4 rings (SSSR count). The van der Waals surface area contributed by atoms with Crippen LogP contribution in [-0.2, 0) is 24.2 Å². The summed E-state index contributed by atoms with van der Waals surface area (Å²) in [7, 11) is -3.08. The molecule has 2 amide bonds. The SMILES string of the molecule is C[C@@H]1CN(c2ccc(NC(=O)[C@@H]3CC(=O)N([C@H]4CCS(=O)(=O)C4)C3)cn2)C[C@H](C)O1. The predicted octanol–water partition coefficient (Wildman–Crippen LogP) is 0.669. The number of likely N-dealkylation sites (tertiary alicyclic amines) is 1. The van der Waals surface area contributed by atoms with E-state index in [-0.39, 0.29) is 54.5 Å². The van der Waals surface area contributed by atoms with Crippen LogP contribution >= 0.6 is 0 Å². The Labute approximate surface area is 176 Å². The number of nitrogens with one attached hydrogen (secondary N) is 1. The summed E-state index contributed by atoms with van der Waals surface area (Å²) in [6, 6.07) is 3.37. The molecule has 9 nitrogen and oxygen atoms in total. The van der Waals surface area contributed by atoms with Crippen molar-refractivity contribution in [3.8, 4) is 0 Å². The highest BCUT2D eigenvalue weighted by molar-refractivity contribution is 7.91. The van der Waals surface area contributed by atoms with Gasteiger partial charge >= 0.3 is 0 Å². The number of carbonyl (C=O) groups is 2. The van der Waals surface area contributed by atoms with Crippen LogP contribution in [0.3, 0.4) is 0 Å². The summed E-state index contributed by atoms with van der Waals surface area (Å²) in [5.41, 5.74) is 0.576. The first-order chi connectivity index (χ1) is 14.2. The Balaban J connectivity index is 1.34. The highest BCUT2D eigenvalue weighted by Crippen LogP contribution is 2.27. The molecule has 30 heavy (non-hydrogen) atoms. The molecule has 1 aromatic rings. The molecule has 3 aliphatic rings. The van der Waals surface area contributed by atoms with Crippen molar-refractivity contribution in [3.63, 3.8) is 0 Å². The molecule has 0 aliphatic carbocycles. The zero-order chi connectivity index (χ0) is 21.5. The molecular formula is C20H28N4O5S. The number of aromatic nitrogens is 1. The lowest BCUT2D eigenvalue weighted by molar-refractivity contribution is -0.129. The van der Waals surface area contributed by atoms with Crippen molar-refractivity contribution in [1.82, 2.24) is 9.88 Å². The summed E-state index contributed by atoms with van der Waals surface area (Å²) in [5.74, 6) is 0.0612. The van der Waals surface area contributed by atoms with Gasteiger partial charge in [0.15, 0.2) is 9.84 Å². The molecule has 0 bridgehead atoms. The Bertz CT molecular complexity index is 910. The average molecular weight is 437 g/mol. The number of morpholine rings is 1. The van der Waals surface area contributed by atoms with Gasteiger partial charge in [0.2, 0.25) is 11.8 Å². The second kappa shape index (κ2) is 8.14. The number of pyridine rings is 1. The van der Waals surface area contributed by atoms with E-state index in [0.717, 1.165) is 18.9 Å². The Morgan fingerprint density at radius 2 is 1.93 bits per heavy atom. The molecule has 0 saturated carbocycles. The fourth-order valence-electron chi connectivity index (χ4n) is 4.54. The van der Waals surface area contributed by atoms with E-state index < -0.39 is 15.8 Å². The van der Waals surface area contributed by atoms with Gasteiger partial charge in [0, 0.05) is 32.1 Å². The second-order valence-corrected chi connectivity index (χ2v) is 10.8. The molecule has 3 saturated heterocycles. The van der Waals surface area contributed by atoms with E-state index in [2.05, 4.69) is 15.2 Å². The van der Waals surface area contributed by atoms with Crippen molar-refractivity contribution in [2.45, 2.75) is 44.9 Å². The number of ether oxygens (including phenoxy) is 1. The van der Waals surface area contributed by atoms with E-state index in [4.69, 9.17) is 4.74 Å². The van der Waals surface area contributed by atoms with E-state index in [1.165, 1.54) is 0 Å². The maximum atomic E-state index is 12.7. The number of sulfone groups is 1. The predicted molar refractivity (Wildman–Crippen MR) is 112 cm³/mol. The highest BCUT2D eigenvalue weighted by atomic mass is 32.2. The third-order valence-electron chi connectivity index (χ3n) is 5.94. The molecule has 1 N–H and O–H groups in total. The third kappa shape index (κ3) is 4.59. The minimum Gasteiger partial charge on any atom is -0.372 e. The lowest BCUT2D eigenvalue weighted by Crippen LogP contribution is -2.45. The highest BCUT2D eigenvalue weighted by Gasteiger charge is 2.41. The van der Waals surface area contributed by atoms with E-state index in [1.807, 2.05) is 26.0 Å². The Morgan fingerprint density at radius 1 is 1.20 bits per heavy atom. The fraction of sp³-hybridized carbons (Fsp3) is 0.650. The van der Waals surface area contributed by atoms with Crippen LogP contribution in [0.5, 0.6) is 0 Å². The third-order valence-corrected chi connectivity index (χ3v) is 7.69. The number of hydrogen-bond acceptors (Lipinski definition) is 7. The summed E-state index contributed by atoms with van der Waals surface area (Å²) in [6.07, 6.45) is 2.44. The van der Waals surface area contributed by atoms with Crippen molar-refractivity contribution < 1.29 is 22.7 Å². The summed E-state index contributed by atoms with van der Waals surface area (Å²) in [5, 5.41) is 2.84. The van der Waals surface area contributed by atoms with Crippen molar-refractivity contribution in [1.29, 1.82) is 0 Å². The molecule has 4 heterocycles. The number of rotatable bonds is 4. The molecule has 0 unspecified atom stereocenters. The average Bonchev–Trinajstić information content (AvgIpc) is 3.23. The number of anilines is 2. The van der Waals surface area contributed by atoms with Gasteiger partial charge in [0.1, 0.15) is 5.82 Å². The van der Waals surface area contributed by atoms with Gasteiger partial charge in [-0.2, -0.15) is 0 Å². The first-order valence-corrected chi connectivity index (χ1v) is 12.2. The van der Waals surface area contributed by atoms with Crippen LogP contribution in [0.4, 0.5) is 11.5 Å².